The Kier molecular flexibility index (Phi) is 3.44. The summed E-state index contributed by atoms with van der Waals surface area (Å²) < 4.78 is 16.6. The number of nitrogens with zero attached hydrogens (tertiary/aromatic N) is 2. The highest BCUT2D eigenvalue weighted by atomic mass is 79.9. The third kappa shape index (κ3) is 2.19. The summed E-state index contributed by atoms with van der Waals surface area (Å²) in [6.07, 6.45) is 0. The fraction of sp³-hybridized carbons (Fsp3) is 0.273. The number of hydrogen-bond acceptors (Lipinski definition) is 2. The highest BCUT2D eigenvalue weighted by molar-refractivity contribution is 9.10. The van der Waals surface area contributed by atoms with E-state index in [1.165, 1.54) is 6.07 Å². The monoisotopic (exact) mass is 315 g/mol. The van der Waals surface area contributed by atoms with Crippen LogP contribution in [0.25, 0.3) is 5.69 Å². The number of aromatic nitrogens is 3. The van der Waals surface area contributed by atoms with Gasteiger partial charge in [-0.2, -0.15) is 5.10 Å². The van der Waals surface area contributed by atoms with Gasteiger partial charge in [-0.3, -0.25) is 9.67 Å². The van der Waals surface area contributed by atoms with Crippen molar-refractivity contribution in [2.24, 2.45) is 0 Å². The SMILES string of the molecule is CC(C)c1n[nH]c(=S)n1-c1c(F)cccc1Br. The van der Waals surface area contributed by atoms with Gasteiger partial charge in [-0.15, -0.1) is 0 Å². The first-order valence-corrected chi connectivity index (χ1v) is 6.34. The fourth-order valence-corrected chi connectivity index (χ4v) is 2.36. The maximum atomic E-state index is 13.9. The highest BCUT2D eigenvalue weighted by Crippen LogP contribution is 2.27. The second-order valence-electron chi connectivity index (χ2n) is 3.95. The van der Waals surface area contributed by atoms with Crippen LogP contribution in [0, 0.1) is 10.6 Å². The molecule has 0 atom stereocenters. The van der Waals surface area contributed by atoms with Crippen molar-refractivity contribution in [2.45, 2.75) is 19.8 Å². The Hall–Kier alpha value is -1.01. The molecular formula is C11H11BrFN3S. The summed E-state index contributed by atoms with van der Waals surface area (Å²) in [6, 6.07) is 4.82. The number of para-hydroxylation sites is 1. The molecule has 0 aliphatic rings. The average Bonchev–Trinajstić information content (AvgIpc) is 2.61. The first-order chi connectivity index (χ1) is 8.02. The Morgan fingerprint density at radius 3 is 2.76 bits per heavy atom. The van der Waals surface area contributed by atoms with Gasteiger partial charge >= 0.3 is 0 Å². The molecule has 0 aliphatic heterocycles. The summed E-state index contributed by atoms with van der Waals surface area (Å²) in [5.41, 5.74) is 0.398. The minimum absolute atomic E-state index is 0.148. The Morgan fingerprint density at radius 1 is 1.47 bits per heavy atom. The second-order valence-corrected chi connectivity index (χ2v) is 5.19. The zero-order chi connectivity index (χ0) is 12.6. The first kappa shape index (κ1) is 12.4. The smallest absolute Gasteiger partial charge is 0.200 e. The average molecular weight is 316 g/mol. The molecule has 2 rings (SSSR count). The fourth-order valence-electron chi connectivity index (χ4n) is 1.62. The number of H-pyrrole nitrogens is 1. The Labute approximate surface area is 112 Å². The molecule has 0 saturated heterocycles. The maximum Gasteiger partial charge on any atom is 0.200 e. The van der Waals surface area contributed by atoms with Gasteiger partial charge in [0, 0.05) is 10.4 Å². The molecule has 0 aliphatic carbocycles. The number of halogens is 2. The van der Waals surface area contributed by atoms with Crippen LogP contribution in [0.3, 0.4) is 0 Å². The molecule has 0 radical (unpaired) electrons. The van der Waals surface area contributed by atoms with Crippen molar-refractivity contribution < 1.29 is 4.39 Å². The van der Waals surface area contributed by atoms with Crippen molar-refractivity contribution in [3.05, 3.63) is 39.1 Å². The van der Waals surface area contributed by atoms with E-state index in [0.717, 1.165) is 0 Å². The first-order valence-electron chi connectivity index (χ1n) is 5.14. The molecule has 0 amide bonds. The number of benzene rings is 1. The van der Waals surface area contributed by atoms with E-state index in [-0.39, 0.29) is 11.7 Å². The molecule has 90 valence electrons. The van der Waals surface area contributed by atoms with E-state index in [1.807, 2.05) is 13.8 Å². The van der Waals surface area contributed by atoms with E-state index >= 15 is 0 Å². The van der Waals surface area contributed by atoms with Crippen molar-refractivity contribution in [1.82, 2.24) is 14.8 Å². The van der Waals surface area contributed by atoms with Crippen LogP contribution < -0.4 is 0 Å². The quantitative estimate of drug-likeness (QED) is 0.851. The number of rotatable bonds is 2. The van der Waals surface area contributed by atoms with Gasteiger partial charge < -0.3 is 0 Å². The van der Waals surface area contributed by atoms with Gasteiger partial charge in [-0.1, -0.05) is 19.9 Å². The van der Waals surface area contributed by atoms with Crippen molar-refractivity contribution in [1.29, 1.82) is 0 Å². The van der Waals surface area contributed by atoms with Crippen molar-refractivity contribution in [3.8, 4) is 5.69 Å². The normalized spacial score (nSPS) is 11.1. The zero-order valence-corrected chi connectivity index (χ0v) is 11.8. The van der Waals surface area contributed by atoms with E-state index in [4.69, 9.17) is 12.2 Å². The van der Waals surface area contributed by atoms with Crippen LogP contribution >= 0.6 is 28.1 Å². The molecule has 1 N–H and O–H groups in total. The van der Waals surface area contributed by atoms with Gasteiger partial charge in [0.15, 0.2) is 4.77 Å². The lowest BCUT2D eigenvalue weighted by atomic mass is 10.2. The van der Waals surface area contributed by atoms with Gasteiger partial charge in [-0.25, -0.2) is 4.39 Å². The minimum Gasteiger partial charge on any atom is -0.268 e. The van der Waals surface area contributed by atoms with Crippen LogP contribution in [0.4, 0.5) is 4.39 Å². The van der Waals surface area contributed by atoms with Gasteiger partial charge in [0.05, 0.1) is 5.69 Å². The molecule has 17 heavy (non-hydrogen) atoms. The number of aromatic amines is 1. The van der Waals surface area contributed by atoms with Gasteiger partial charge in [0.25, 0.3) is 0 Å². The molecular weight excluding hydrogens is 305 g/mol. The topological polar surface area (TPSA) is 33.6 Å². The maximum absolute atomic E-state index is 13.9. The van der Waals surface area contributed by atoms with Crippen LogP contribution in [0.2, 0.25) is 0 Å². The summed E-state index contributed by atoms with van der Waals surface area (Å²) in [5, 5.41) is 6.83. The second kappa shape index (κ2) is 4.70. The molecule has 3 nitrogen and oxygen atoms in total. The van der Waals surface area contributed by atoms with Crippen LogP contribution in [0.15, 0.2) is 22.7 Å². The molecule has 2 aromatic rings. The van der Waals surface area contributed by atoms with Gasteiger partial charge in [0.1, 0.15) is 11.6 Å². The van der Waals surface area contributed by atoms with E-state index in [2.05, 4.69) is 26.1 Å². The van der Waals surface area contributed by atoms with Crippen LogP contribution in [0.5, 0.6) is 0 Å². The molecule has 6 heteroatoms. The largest absolute Gasteiger partial charge is 0.268 e. The predicted octanol–water partition coefficient (Wildman–Crippen LogP) is 3.95. The molecule has 1 aromatic heterocycles. The molecule has 0 unspecified atom stereocenters. The summed E-state index contributed by atoms with van der Waals surface area (Å²) in [6.45, 7) is 3.96. The number of hydrogen-bond donors (Lipinski definition) is 1. The third-order valence-corrected chi connectivity index (χ3v) is 3.29. The highest BCUT2D eigenvalue weighted by Gasteiger charge is 2.17. The Bertz CT molecular complexity index is 583. The Morgan fingerprint density at radius 2 is 2.18 bits per heavy atom. The van der Waals surface area contributed by atoms with Crippen LogP contribution in [0.1, 0.15) is 25.6 Å². The molecule has 1 heterocycles. The standard InChI is InChI=1S/C11H11BrFN3S/c1-6(2)10-14-15-11(17)16(10)9-7(12)4-3-5-8(9)13/h3-6H,1-2H3,(H,15,17). The predicted molar refractivity (Wildman–Crippen MR) is 70.5 cm³/mol. The van der Waals surface area contributed by atoms with Crippen molar-refractivity contribution >= 4 is 28.1 Å². The minimum atomic E-state index is -0.334. The van der Waals surface area contributed by atoms with Gasteiger partial charge in [-0.05, 0) is 40.3 Å². The molecule has 0 bridgehead atoms. The van der Waals surface area contributed by atoms with E-state index in [0.29, 0.717) is 20.8 Å². The summed E-state index contributed by atoms with van der Waals surface area (Å²) >= 11 is 8.49. The van der Waals surface area contributed by atoms with E-state index in [1.54, 1.807) is 16.7 Å². The van der Waals surface area contributed by atoms with Crippen molar-refractivity contribution in [2.75, 3.05) is 0 Å². The summed E-state index contributed by atoms with van der Waals surface area (Å²) in [5.74, 6) is 0.522. The molecule has 0 fully saturated rings. The van der Waals surface area contributed by atoms with Crippen LogP contribution in [-0.2, 0) is 0 Å². The molecule has 0 spiro atoms. The lowest BCUT2D eigenvalue weighted by Gasteiger charge is -2.11. The van der Waals surface area contributed by atoms with E-state index in [9.17, 15) is 4.39 Å². The van der Waals surface area contributed by atoms with Gasteiger partial charge in [0.2, 0.25) is 0 Å². The van der Waals surface area contributed by atoms with E-state index < -0.39 is 0 Å². The Balaban J connectivity index is 2.77. The molecule has 0 saturated carbocycles. The van der Waals surface area contributed by atoms with Crippen LogP contribution in [-0.4, -0.2) is 14.8 Å². The molecule has 1 aromatic carbocycles. The lowest BCUT2D eigenvalue weighted by molar-refractivity contribution is 0.609. The summed E-state index contributed by atoms with van der Waals surface area (Å²) in [7, 11) is 0. The zero-order valence-electron chi connectivity index (χ0n) is 9.37. The number of nitrogens with one attached hydrogen (secondary N) is 1. The lowest BCUT2D eigenvalue weighted by Crippen LogP contribution is -2.06. The third-order valence-electron chi connectivity index (χ3n) is 2.38. The summed E-state index contributed by atoms with van der Waals surface area (Å²) in [4.78, 5) is 0. The van der Waals surface area contributed by atoms with Crippen molar-refractivity contribution in [3.63, 3.8) is 0 Å².